The molecule has 0 spiro atoms. The van der Waals surface area contributed by atoms with E-state index >= 15 is 0 Å². The SMILES string of the molecule is O=C(O)C1CN(c2cnccn2)C1. The van der Waals surface area contributed by atoms with Crippen molar-refractivity contribution in [3.8, 4) is 0 Å². The van der Waals surface area contributed by atoms with E-state index in [0.717, 1.165) is 5.82 Å². The van der Waals surface area contributed by atoms with E-state index in [4.69, 9.17) is 5.11 Å². The molecule has 0 unspecified atom stereocenters. The van der Waals surface area contributed by atoms with Crippen LogP contribution in [0.15, 0.2) is 18.6 Å². The number of carboxylic acid groups (broad SMARTS) is 1. The van der Waals surface area contributed by atoms with Gasteiger partial charge in [-0.1, -0.05) is 0 Å². The zero-order valence-corrected chi connectivity index (χ0v) is 6.92. The van der Waals surface area contributed by atoms with Crippen LogP contribution in [0.5, 0.6) is 0 Å². The van der Waals surface area contributed by atoms with Crippen molar-refractivity contribution < 1.29 is 9.90 Å². The molecule has 0 bridgehead atoms. The van der Waals surface area contributed by atoms with Crippen LogP contribution in [0, 0.1) is 5.92 Å². The van der Waals surface area contributed by atoms with Gasteiger partial charge in [-0.05, 0) is 0 Å². The molecule has 2 rings (SSSR count). The van der Waals surface area contributed by atoms with Crippen LogP contribution >= 0.6 is 0 Å². The summed E-state index contributed by atoms with van der Waals surface area (Å²) < 4.78 is 0. The fourth-order valence-corrected chi connectivity index (χ4v) is 1.28. The Labute approximate surface area is 75.0 Å². The summed E-state index contributed by atoms with van der Waals surface area (Å²) >= 11 is 0. The van der Waals surface area contributed by atoms with Gasteiger partial charge in [0.15, 0.2) is 0 Å². The van der Waals surface area contributed by atoms with E-state index < -0.39 is 5.97 Å². The van der Waals surface area contributed by atoms with Crippen LogP contribution in [0.25, 0.3) is 0 Å². The Kier molecular flexibility index (Phi) is 1.84. The maximum atomic E-state index is 10.5. The largest absolute Gasteiger partial charge is 0.481 e. The Hall–Kier alpha value is -1.65. The zero-order chi connectivity index (χ0) is 9.26. The van der Waals surface area contributed by atoms with Gasteiger partial charge in [-0.2, -0.15) is 0 Å². The fraction of sp³-hybridized carbons (Fsp3) is 0.375. The molecule has 0 saturated carbocycles. The molecule has 0 radical (unpaired) electrons. The van der Waals surface area contributed by atoms with E-state index in [0.29, 0.717) is 13.1 Å². The molecule has 1 aliphatic rings. The number of hydrogen-bond donors (Lipinski definition) is 1. The minimum Gasteiger partial charge on any atom is -0.481 e. The van der Waals surface area contributed by atoms with Gasteiger partial charge in [-0.15, -0.1) is 0 Å². The number of rotatable bonds is 2. The third-order valence-corrected chi connectivity index (χ3v) is 2.10. The second kappa shape index (κ2) is 3.01. The summed E-state index contributed by atoms with van der Waals surface area (Å²) in [7, 11) is 0. The summed E-state index contributed by atoms with van der Waals surface area (Å²) in [5.74, 6) is -0.234. The second-order valence-electron chi connectivity index (χ2n) is 3.00. The van der Waals surface area contributed by atoms with Crippen molar-refractivity contribution >= 4 is 11.8 Å². The molecule has 1 aliphatic heterocycles. The molecule has 1 N–H and O–H groups in total. The molecule has 1 aromatic heterocycles. The fourth-order valence-electron chi connectivity index (χ4n) is 1.28. The van der Waals surface area contributed by atoms with Crippen molar-refractivity contribution in [3.63, 3.8) is 0 Å². The Bertz CT molecular complexity index is 308. The predicted octanol–water partition coefficient (Wildman–Crippen LogP) is -0.00260. The molecular formula is C8H9N3O2. The van der Waals surface area contributed by atoms with Crippen molar-refractivity contribution in [2.75, 3.05) is 18.0 Å². The van der Waals surface area contributed by atoms with Gasteiger partial charge in [-0.3, -0.25) is 9.78 Å². The van der Waals surface area contributed by atoms with Crippen LogP contribution in [0.3, 0.4) is 0 Å². The van der Waals surface area contributed by atoms with E-state index in [2.05, 4.69) is 9.97 Å². The first-order valence-corrected chi connectivity index (χ1v) is 4.01. The highest BCUT2D eigenvalue weighted by molar-refractivity contribution is 5.74. The summed E-state index contributed by atoms with van der Waals surface area (Å²) in [4.78, 5) is 20.4. The molecule has 5 heteroatoms. The highest BCUT2D eigenvalue weighted by atomic mass is 16.4. The van der Waals surface area contributed by atoms with Gasteiger partial charge in [0.1, 0.15) is 5.82 Å². The number of nitrogens with zero attached hydrogens (tertiary/aromatic N) is 3. The average Bonchev–Trinajstić information content (AvgIpc) is 2.02. The lowest BCUT2D eigenvalue weighted by Crippen LogP contribution is -2.50. The van der Waals surface area contributed by atoms with E-state index in [-0.39, 0.29) is 5.92 Å². The normalized spacial score (nSPS) is 16.8. The monoisotopic (exact) mass is 179 g/mol. The quantitative estimate of drug-likeness (QED) is 0.692. The lowest BCUT2D eigenvalue weighted by Gasteiger charge is -2.37. The molecule has 1 aromatic rings. The highest BCUT2D eigenvalue weighted by Gasteiger charge is 2.33. The van der Waals surface area contributed by atoms with Gasteiger partial charge >= 0.3 is 5.97 Å². The number of aliphatic carboxylic acids is 1. The van der Waals surface area contributed by atoms with Crippen LogP contribution in [0.1, 0.15) is 0 Å². The summed E-state index contributed by atoms with van der Waals surface area (Å²) in [6, 6.07) is 0. The molecule has 0 aromatic carbocycles. The van der Waals surface area contributed by atoms with Crippen LogP contribution < -0.4 is 4.90 Å². The van der Waals surface area contributed by atoms with Crippen molar-refractivity contribution in [2.45, 2.75) is 0 Å². The summed E-state index contributed by atoms with van der Waals surface area (Å²) in [6.07, 6.45) is 4.83. The van der Waals surface area contributed by atoms with Gasteiger partial charge in [0.2, 0.25) is 0 Å². The standard InChI is InChI=1S/C8H9N3O2/c12-8(13)6-4-11(5-6)7-3-9-1-2-10-7/h1-3,6H,4-5H2,(H,12,13). The Balaban J connectivity index is 1.98. The molecular weight excluding hydrogens is 170 g/mol. The number of anilines is 1. The van der Waals surface area contributed by atoms with Crippen LogP contribution in [-0.2, 0) is 4.79 Å². The molecule has 0 aliphatic carbocycles. The van der Waals surface area contributed by atoms with E-state index in [1.165, 1.54) is 0 Å². The van der Waals surface area contributed by atoms with E-state index in [1.54, 1.807) is 18.6 Å². The predicted molar refractivity (Wildman–Crippen MR) is 45.4 cm³/mol. The molecule has 0 atom stereocenters. The minimum atomic E-state index is -0.736. The maximum Gasteiger partial charge on any atom is 0.310 e. The zero-order valence-electron chi connectivity index (χ0n) is 6.92. The Morgan fingerprint density at radius 2 is 2.31 bits per heavy atom. The third kappa shape index (κ3) is 1.44. The first kappa shape index (κ1) is 7.97. The molecule has 1 fully saturated rings. The third-order valence-electron chi connectivity index (χ3n) is 2.10. The number of hydrogen-bond acceptors (Lipinski definition) is 4. The van der Waals surface area contributed by atoms with Crippen LogP contribution in [0.4, 0.5) is 5.82 Å². The average molecular weight is 179 g/mol. The summed E-state index contributed by atoms with van der Waals surface area (Å²) in [5, 5.41) is 8.64. The molecule has 0 amide bonds. The lowest BCUT2D eigenvalue weighted by molar-refractivity contribution is -0.142. The number of aromatic nitrogens is 2. The van der Waals surface area contributed by atoms with Crippen molar-refractivity contribution in [1.29, 1.82) is 0 Å². The van der Waals surface area contributed by atoms with Crippen molar-refractivity contribution in [3.05, 3.63) is 18.6 Å². The van der Waals surface area contributed by atoms with Gasteiger partial charge in [0.05, 0.1) is 12.1 Å². The summed E-state index contributed by atoms with van der Waals surface area (Å²) in [5.41, 5.74) is 0. The molecule has 5 nitrogen and oxygen atoms in total. The van der Waals surface area contributed by atoms with Gasteiger partial charge in [0, 0.05) is 25.5 Å². The van der Waals surface area contributed by atoms with Gasteiger partial charge < -0.3 is 10.0 Å². The first-order chi connectivity index (χ1) is 6.27. The maximum absolute atomic E-state index is 10.5. The van der Waals surface area contributed by atoms with Crippen LogP contribution in [0.2, 0.25) is 0 Å². The number of carbonyl (C=O) groups is 1. The molecule has 13 heavy (non-hydrogen) atoms. The van der Waals surface area contributed by atoms with Crippen LogP contribution in [-0.4, -0.2) is 34.1 Å². The van der Waals surface area contributed by atoms with Gasteiger partial charge in [-0.25, -0.2) is 4.98 Å². The topological polar surface area (TPSA) is 66.3 Å². The lowest BCUT2D eigenvalue weighted by atomic mass is 10.0. The molecule has 2 heterocycles. The van der Waals surface area contributed by atoms with E-state index in [9.17, 15) is 4.79 Å². The Morgan fingerprint density at radius 1 is 1.54 bits per heavy atom. The van der Waals surface area contributed by atoms with E-state index in [1.807, 2.05) is 4.90 Å². The summed E-state index contributed by atoms with van der Waals surface area (Å²) in [6.45, 7) is 1.07. The minimum absolute atomic E-state index is 0.248. The second-order valence-corrected chi connectivity index (χ2v) is 3.00. The highest BCUT2D eigenvalue weighted by Crippen LogP contribution is 2.21. The number of carboxylic acids is 1. The molecule has 68 valence electrons. The smallest absolute Gasteiger partial charge is 0.310 e. The first-order valence-electron chi connectivity index (χ1n) is 4.01. The van der Waals surface area contributed by atoms with Crippen molar-refractivity contribution in [1.82, 2.24) is 9.97 Å². The Morgan fingerprint density at radius 3 is 2.85 bits per heavy atom. The van der Waals surface area contributed by atoms with Gasteiger partial charge in [0.25, 0.3) is 0 Å². The van der Waals surface area contributed by atoms with Crippen molar-refractivity contribution in [2.24, 2.45) is 5.92 Å². The molecule has 1 saturated heterocycles.